The second-order valence-corrected chi connectivity index (χ2v) is 21.6. The van der Waals surface area contributed by atoms with Gasteiger partial charge in [-0.15, -0.1) is 0 Å². The van der Waals surface area contributed by atoms with Crippen molar-refractivity contribution >= 4 is 21.9 Å². The first-order chi connectivity index (χ1) is 33.0. The average Bonchev–Trinajstić information content (AvgIpc) is 3.97. The van der Waals surface area contributed by atoms with E-state index in [4.69, 9.17) is 4.42 Å². The molecular formula is C65H53FO. The quantitative estimate of drug-likeness (QED) is 0.157. The second-order valence-electron chi connectivity index (χ2n) is 21.6. The number of hydrogen-bond donors (Lipinski definition) is 0. The first-order valence-corrected chi connectivity index (χ1v) is 25.3. The van der Waals surface area contributed by atoms with Crippen LogP contribution < -0.4 is 0 Å². The van der Waals surface area contributed by atoms with Crippen LogP contribution in [0.5, 0.6) is 0 Å². The third-order valence-corrected chi connectivity index (χ3v) is 18.5. The van der Waals surface area contributed by atoms with E-state index >= 15 is 0 Å². The number of rotatable bonds is 5. The van der Waals surface area contributed by atoms with Crippen molar-refractivity contribution in [1.82, 2.24) is 0 Å². The van der Waals surface area contributed by atoms with Gasteiger partial charge in [0.25, 0.3) is 0 Å². The van der Waals surface area contributed by atoms with Crippen LogP contribution in [0.1, 0.15) is 109 Å². The predicted octanol–water partition coefficient (Wildman–Crippen LogP) is 17.2. The molecule has 0 N–H and O–H groups in total. The lowest BCUT2D eigenvalue weighted by Crippen LogP contribution is -2.55. The molecule has 4 bridgehead atoms. The van der Waals surface area contributed by atoms with Crippen molar-refractivity contribution in [1.29, 1.82) is 0 Å². The van der Waals surface area contributed by atoms with Crippen LogP contribution in [-0.2, 0) is 10.8 Å². The highest BCUT2D eigenvalue weighted by Gasteiger charge is 2.61. The molecule has 2 heteroatoms. The molecule has 5 fully saturated rings. The highest BCUT2D eigenvalue weighted by molar-refractivity contribution is 6.06. The molecule has 2 spiro atoms. The molecular weight excluding hydrogens is 816 g/mol. The number of furan rings is 1. The van der Waals surface area contributed by atoms with E-state index in [2.05, 4.69) is 146 Å². The summed E-state index contributed by atoms with van der Waals surface area (Å²) in [6.07, 6.45) is 13.3. The maximum absolute atomic E-state index is 13.9. The van der Waals surface area contributed by atoms with Crippen LogP contribution in [0.25, 0.3) is 66.4 Å². The van der Waals surface area contributed by atoms with E-state index in [1.54, 1.807) is 23.3 Å². The fourth-order valence-corrected chi connectivity index (χ4v) is 15.9. The van der Waals surface area contributed by atoms with Crippen molar-refractivity contribution in [2.75, 3.05) is 0 Å². The molecule has 0 amide bonds. The van der Waals surface area contributed by atoms with Crippen molar-refractivity contribution in [2.24, 2.45) is 23.7 Å². The zero-order valence-corrected chi connectivity index (χ0v) is 37.9. The summed E-state index contributed by atoms with van der Waals surface area (Å²) in [4.78, 5) is 0. The Bertz CT molecular complexity index is 3440. The minimum absolute atomic E-state index is 0.00221. The summed E-state index contributed by atoms with van der Waals surface area (Å²) in [7, 11) is 0. The lowest BCUT2D eigenvalue weighted by Gasteiger charge is -2.61. The van der Waals surface area contributed by atoms with Crippen molar-refractivity contribution in [3.63, 3.8) is 0 Å². The van der Waals surface area contributed by atoms with Crippen molar-refractivity contribution < 1.29 is 8.81 Å². The summed E-state index contributed by atoms with van der Waals surface area (Å²) in [6.45, 7) is 0. The van der Waals surface area contributed by atoms with Gasteiger partial charge in [0.2, 0.25) is 0 Å². The van der Waals surface area contributed by atoms with E-state index in [1.165, 1.54) is 125 Å². The van der Waals surface area contributed by atoms with Gasteiger partial charge >= 0.3 is 0 Å². The Labute approximate surface area is 392 Å². The fourth-order valence-electron chi connectivity index (χ4n) is 15.9. The molecule has 1 heterocycles. The standard InChI is InChI=1S/C65H53FO/c66-50-22-16-42(17-23-50)41-12-14-43(15-13-41)63(47-19-24-53-51-8-2-4-10-57(51)64(60(53)37-47)28-6-1-7-29-64)46-21-27-61-56(36-46)54-25-18-45(38-62(54)67-61)44-20-26-59-55(35-44)52-9-3-5-11-58(52)65(59)48-31-39-30-40(33-48)34-49(65)32-39/h2-5,8-27,35-40,48-49,63H,1,6-7,28-34H2/t39-,40?,48-,49+,63?,65+. The molecule has 1 atom stereocenters. The zero-order valence-electron chi connectivity index (χ0n) is 37.9. The van der Waals surface area contributed by atoms with Crippen molar-refractivity contribution in [2.45, 2.75) is 81.0 Å². The van der Waals surface area contributed by atoms with Crippen LogP contribution in [0.2, 0.25) is 0 Å². The Morgan fingerprint density at radius 1 is 0.418 bits per heavy atom. The van der Waals surface area contributed by atoms with E-state index < -0.39 is 0 Å². The second kappa shape index (κ2) is 14.3. The largest absolute Gasteiger partial charge is 0.456 e. The number of halogens is 1. The van der Waals surface area contributed by atoms with Gasteiger partial charge in [-0.25, -0.2) is 4.39 Å². The van der Waals surface area contributed by atoms with Gasteiger partial charge in [-0.3, -0.25) is 0 Å². The van der Waals surface area contributed by atoms with Gasteiger partial charge in [0.05, 0.1) is 0 Å². The van der Waals surface area contributed by atoms with E-state index in [0.717, 1.165) is 56.7 Å². The minimum atomic E-state index is -0.215. The summed E-state index contributed by atoms with van der Waals surface area (Å²) in [6, 6.07) is 63.0. The molecule has 7 aliphatic carbocycles. The van der Waals surface area contributed by atoms with Gasteiger partial charge in [-0.2, -0.15) is 0 Å². The molecule has 1 nitrogen and oxygen atoms in total. The molecule has 8 aromatic carbocycles. The van der Waals surface area contributed by atoms with Crippen molar-refractivity contribution in [3.05, 3.63) is 215 Å². The smallest absolute Gasteiger partial charge is 0.136 e. The Kier molecular flexibility index (Phi) is 8.21. The summed E-state index contributed by atoms with van der Waals surface area (Å²) < 4.78 is 20.7. The van der Waals surface area contributed by atoms with Crippen LogP contribution in [0.3, 0.4) is 0 Å². The summed E-state index contributed by atoms with van der Waals surface area (Å²) >= 11 is 0. The molecule has 0 aliphatic heterocycles. The maximum Gasteiger partial charge on any atom is 0.136 e. The summed E-state index contributed by atoms with van der Waals surface area (Å²) in [5.74, 6) is 3.19. The molecule has 1 unspecified atom stereocenters. The van der Waals surface area contributed by atoms with Crippen LogP contribution in [0, 0.1) is 29.5 Å². The number of benzene rings is 8. The SMILES string of the molecule is Fc1ccc(-c2ccc(C(c3ccc4c(c3)C3(CCCCC3)c3ccccc3-4)c3ccc4oc5cc(-c6ccc7c(c6)-c6ccccc6[C@]76[C@@H]7CC8C[C@@H](C7)C[C@@H]6C8)ccc5c4c3)cc2)cc1. The maximum atomic E-state index is 13.9. The van der Waals surface area contributed by atoms with E-state index in [9.17, 15) is 4.39 Å². The normalized spacial score (nSPS) is 24.0. The van der Waals surface area contributed by atoms with Gasteiger partial charge in [0.1, 0.15) is 17.0 Å². The summed E-state index contributed by atoms with van der Waals surface area (Å²) in [5.41, 5.74) is 22.4. The number of fused-ring (bicyclic) bond motifs is 11. The van der Waals surface area contributed by atoms with Gasteiger partial charge in [-0.1, -0.05) is 147 Å². The third kappa shape index (κ3) is 5.48. The molecule has 5 saturated carbocycles. The Hall–Kier alpha value is -6.51. The van der Waals surface area contributed by atoms with E-state index in [0.29, 0.717) is 0 Å². The van der Waals surface area contributed by atoms with Gasteiger partial charge < -0.3 is 4.42 Å². The molecule has 16 rings (SSSR count). The molecule has 1 aromatic heterocycles. The van der Waals surface area contributed by atoms with Gasteiger partial charge in [0, 0.05) is 27.5 Å². The molecule has 9 aromatic rings. The van der Waals surface area contributed by atoms with Gasteiger partial charge in [0.15, 0.2) is 0 Å². The lowest BCUT2D eigenvalue weighted by atomic mass is 9.43. The monoisotopic (exact) mass is 868 g/mol. The number of hydrogen-bond acceptors (Lipinski definition) is 1. The highest BCUT2D eigenvalue weighted by Crippen LogP contribution is 2.69. The first-order valence-electron chi connectivity index (χ1n) is 25.3. The van der Waals surface area contributed by atoms with Crippen LogP contribution in [-0.4, -0.2) is 0 Å². The lowest BCUT2D eigenvalue weighted by molar-refractivity contribution is -0.0399. The van der Waals surface area contributed by atoms with E-state index in [-0.39, 0.29) is 22.6 Å². The highest BCUT2D eigenvalue weighted by atomic mass is 19.1. The molecule has 326 valence electrons. The predicted molar refractivity (Wildman–Crippen MR) is 271 cm³/mol. The zero-order chi connectivity index (χ0) is 44.0. The molecule has 0 radical (unpaired) electrons. The van der Waals surface area contributed by atoms with Crippen LogP contribution in [0.15, 0.2) is 174 Å². The summed E-state index contributed by atoms with van der Waals surface area (Å²) in [5, 5.41) is 2.30. The van der Waals surface area contributed by atoms with Crippen LogP contribution >= 0.6 is 0 Å². The van der Waals surface area contributed by atoms with Crippen LogP contribution in [0.4, 0.5) is 4.39 Å². The Morgan fingerprint density at radius 2 is 1.00 bits per heavy atom. The Balaban J connectivity index is 0.834. The van der Waals surface area contributed by atoms with Gasteiger partial charge in [-0.05, 0) is 195 Å². The third-order valence-electron chi connectivity index (χ3n) is 18.5. The van der Waals surface area contributed by atoms with E-state index in [1.807, 2.05) is 12.1 Å². The molecule has 67 heavy (non-hydrogen) atoms. The fraction of sp³-hybridized carbons (Fsp3) is 0.262. The average molecular weight is 869 g/mol. The molecule has 0 saturated heterocycles. The Morgan fingerprint density at radius 3 is 1.76 bits per heavy atom. The molecule has 7 aliphatic rings. The van der Waals surface area contributed by atoms with Crippen molar-refractivity contribution in [3.8, 4) is 44.5 Å². The topological polar surface area (TPSA) is 13.1 Å². The minimum Gasteiger partial charge on any atom is -0.456 e. The first kappa shape index (κ1) is 38.6.